The van der Waals surface area contributed by atoms with Crippen LogP contribution in [0.25, 0.3) is 0 Å². The van der Waals surface area contributed by atoms with Gasteiger partial charge in [-0.15, -0.1) is 0 Å². The van der Waals surface area contributed by atoms with Crippen LogP contribution in [-0.4, -0.2) is 39.2 Å². The van der Waals surface area contributed by atoms with Crippen LogP contribution < -0.4 is 4.74 Å². The third-order valence-electron chi connectivity index (χ3n) is 4.78. The van der Waals surface area contributed by atoms with Crippen LogP contribution in [-0.2, 0) is 17.8 Å². The highest BCUT2D eigenvalue weighted by Crippen LogP contribution is 2.30. The molecule has 1 aliphatic rings. The average Bonchev–Trinajstić information content (AvgIpc) is 2.91. The van der Waals surface area contributed by atoms with Gasteiger partial charge in [0.2, 0.25) is 0 Å². The molecule has 1 saturated heterocycles. The van der Waals surface area contributed by atoms with Crippen molar-refractivity contribution in [1.29, 1.82) is 0 Å². The van der Waals surface area contributed by atoms with Crippen LogP contribution in [0.3, 0.4) is 0 Å². The second kappa shape index (κ2) is 12.4. The molecule has 2 unspecified atom stereocenters. The molecule has 5 heteroatoms. The highest BCUT2D eigenvalue weighted by molar-refractivity contribution is 7.99. The molecule has 0 aliphatic carbocycles. The molecule has 0 bridgehead atoms. The van der Waals surface area contributed by atoms with Crippen LogP contribution in [0, 0.1) is 0 Å². The Hall–Kier alpha value is -1.53. The second-order valence-electron chi connectivity index (χ2n) is 7.83. The fourth-order valence-electron chi connectivity index (χ4n) is 3.36. The number of rotatable bonds is 7. The highest BCUT2D eigenvalue weighted by atomic mass is 32.2. The van der Waals surface area contributed by atoms with Crippen molar-refractivity contribution in [2.75, 3.05) is 5.75 Å². The molecular weight excluding hydrogens is 396 g/mol. The molecule has 0 amide bonds. The van der Waals surface area contributed by atoms with E-state index in [0.29, 0.717) is 17.6 Å². The highest BCUT2D eigenvalue weighted by Gasteiger charge is 2.31. The Morgan fingerprint density at radius 3 is 2.27 bits per heavy atom. The molecular formula is C25H36O4S. The van der Waals surface area contributed by atoms with Crippen LogP contribution in [0.4, 0.5) is 0 Å². The smallest absolute Gasteiger partial charge is 0.160 e. The summed E-state index contributed by atoms with van der Waals surface area (Å²) in [5.74, 6) is 0.283. The average molecular weight is 433 g/mol. The van der Waals surface area contributed by atoms with Crippen LogP contribution in [0.15, 0.2) is 54.6 Å². The first-order valence-corrected chi connectivity index (χ1v) is 11.9. The maximum Gasteiger partial charge on any atom is 0.160 e. The van der Waals surface area contributed by atoms with Crippen molar-refractivity contribution in [1.82, 2.24) is 0 Å². The Balaban J connectivity index is 0.00000155. The van der Waals surface area contributed by atoms with Gasteiger partial charge in [0.25, 0.3) is 0 Å². The van der Waals surface area contributed by atoms with E-state index in [-0.39, 0.29) is 6.10 Å². The van der Waals surface area contributed by atoms with E-state index >= 15 is 0 Å². The van der Waals surface area contributed by atoms with Gasteiger partial charge in [0.1, 0.15) is 12.4 Å². The normalized spacial score (nSPS) is 21.9. The molecule has 2 N–H and O–H groups in total. The number of hydrogen-bond donors (Lipinski definition) is 2. The Kier molecular flexibility index (Phi) is 10.2. The summed E-state index contributed by atoms with van der Waals surface area (Å²) < 4.78 is 11.5. The first-order valence-electron chi connectivity index (χ1n) is 10.8. The molecule has 1 aliphatic heterocycles. The van der Waals surface area contributed by atoms with Crippen molar-refractivity contribution in [3.63, 3.8) is 0 Å². The summed E-state index contributed by atoms with van der Waals surface area (Å²) in [6, 6.07) is 18.4. The summed E-state index contributed by atoms with van der Waals surface area (Å²) in [6.45, 7) is 7.78. The Morgan fingerprint density at radius 2 is 1.63 bits per heavy atom. The zero-order valence-corrected chi connectivity index (χ0v) is 19.4. The van der Waals surface area contributed by atoms with E-state index in [1.165, 1.54) is 5.56 Å². The second-order valence-corrected chi connectivity index (χ2v) is 9.16. The number of ether oxygens (including phenoxy) is 2. The lowest BCUT2D eigenvalue weighted by Crippen LogP contribution is -2.38. The van der Waals surface area contributed by atoms with Gasteiger partial charge >= 0.3 is 0 Å². The molecule has 2 aromatic rings. The summed E-state index contributed by atoms with van der Waals surface area (Å²) in [6.07, 6.45) is 1.79. The summed E-state index contributed by atoms with van der Waals surface area (Å²) in [5.41, 5.74) is 2.42. The predicted molar refractivity (Wildman–Crippen MR) is 125 cm³/mol. The fourth-order valence-corrected chi connectivity index (χ4v) is 4.66. The summed E-state index contributed by atoms with van der Waals surface area (Å²) in [7, 11) is 0. The van der Waals surface area contributed by atoms with Gasteiger partial charge in [-0.05, 0) is 56.4 Å². The lowest BCUT2D eigenvalue weighted by Gasteiger charge is -2.28. The number of hydrogen-bond acceptors (Lipinski definition) is 5. The zero-order chi connectivity index (χ0) is 22.0. The summed E-state index contributed by atoms with van der Waals surface area (Å²) in [4.78, 5) is 0. The quantitative estimate of drug-likeness (QED) is 0.589. The van der Waals surface area contributed by atoms with E-state index in [4.69, 9.17) is 9.47 Å². The fraction of sp³-hybridized carbons (Fsp3) is 0.520. The molecule has 2 aromatic carbocycles. The van der Waals surface area contributed by atoms with Gasteiger partial charge in [0.15, 0.2) is 5.79 Å². The lowest BCUT2D eigenvalue weighted by atomic mass is 10.0. The molecule has 1 heterocycles. The van der Waals surface area contributed by atoms with Gasteiger partial charge in [-0.2, -0.15) is 11.8 Å². The van der Waals surface area contributed by atoms with Crippen LogP contribution in [0.2, 0.25) is 0 Å². The molecule has 3 rings (SSSR count). The minimum Gasteiger partial charge on any atom is -0.489 e. The SMILES string of the molecule is CC.CC(C)(O)OC1CC[C@@H](Cc2ccc(OCc3ccccc3)cc2)SCC1O. The Bertz CT molecular complexity index is 712. The van der Waals surface area contributed by atoms with E-state index < -0.39 is 11.9 Å². The van der Waals surface area contributed by atoms with Crippen LogP contribution in [0.5, 0.6) is 5.75 Å². The summed E-state index contributed by atoms with van der Waals surface area (Å²) >= 11 is 1.79. The molecule has 0 radical (unpaired) electrons. The minimum absolute atomic E-state index is 0.314. The van der Waals surface area contributed by atoms with E-state index in [1.54, 1.807) is 25.6 Å². The number of aliphatic hydroxyl groups excluding tert-OH is 1. The first kappa shape index (κ1) is 24.7. The molecule has 0 aromatic heterocycles. The van der Waals surface area contributed by atoms with Crippen LogP contribution >= 0.6 is 11.8 Å². The molecule has 3 atom stereocenters. The lowest BCUT2D eigenvalue weighted by molar-refractivity contribution is -0.223. The maximum atomic E-state index is 10.3. The third-order valence-corrected chi connectivity index (χ3v) is 6.19. The number of thioether (sulfide) groups is 1. The molecule has 30 heavy (non-hydrogen) atoms. The standard InChI is InChI=1S/C23H30O4S.C2H6/c1-23(2,25)27-22-13-12-20(28-16-21(22)24)14-17-8-10-19(11-9-17)26-15-18-6-4-3-5-7-18;1-2/h3-11,20-22,24-25H,12-16H2,1-2H3;1-2H3/t20-,21?,22?;/m0./s1. The van der Waals surface area contributed by atoms with Crippen molar-refractivity contribution in [3.05, 3.63) is 65.7 Å². The van der Waals surface area contributed by atoms with E-state index in [2.05, 4.69) is 24.3 Å². The van der Waals surface area contributed by atoms with Gasteiger partial charge < -0.3 is 19.7 Å². The van der Waals surface area contributed by atoms with Crippen molar-refractivity contribution < 1.29 is 19.7 Å². The first-order chi connectivity index (χ1) is 14.4. The predicted octanol–water partition coefficient (Wildman–Crippen LogP) is 5.20. The minimum atomic E-state index is -1.22. The number of aliphatic hydroxyl groups is 2. The zero-order valence-electron chi connectivity index (χ0n) is 18.6. The van der Waals surface area contributed by atoms with Gasteiger partial charge in [-0.3, -0.25) is 0 Å². The maximum absolute atomic E-state index is 10.3. The Labute approximate surface area is 185 Å². The number of benzene rings is 2. The van der Waals surface area contributed by atoms with E-state index in [9.17, 15) is 10.2 Å². The molecule has 4 nitrogen and oxygen atoms in total. The Morgan fingerprint density at radius 1 is 0.967 bits per heavy atom. The topological polar surface area (TPSA) is 58.9 Å². The molecule has 0 spiro atoms. The van der Waals surface area contributed by atoms with Crippen molar-refractivity contribution in [3.8, 4) is 5.75 Å². The molecule has 0 saturated carbocycles. The van der Waals surface area contributed by atoms with Crippen molar-refractivity contribution >= 4 is 11.8 Å². The van der Waals surface area contributed by atoms with Gasteiger partial charge in [0.05, 0.1) is 12.2 Å². The summed E-state index contributed by atoms with van der Waals surface area (Å²) in [5, 5.41) is 20.6. The molecule has 1 fully saturated rings. The van der Waals surface area contributed by atoms with Crippen molar-refractivity contribution in [2.45, 2.75) is 76.8 Å². The monoisotopic (exact) mass is 432 g/mol. The largest absolute Gasteiger partial charge is 0.489 e. The van der Waals surface area contributed by atoms with E-state index in [1.807, 2.05) is 44.2 Å². The van der Waals surface area contributed by atoms with Crippen LogP contribution in [0.1, 0.15) is 51.7 Å². The third kappa shape index (κ3) is 8.68. The van der Waals surface area contributed by atoms with Gasteiger partial charge in [0, 0.05) is 11.0 Å². The van der Waals surface area contributed by atoms with Gasteiger partial charge in [-0.25, -0.2) is 0 Å². The molecule has 166 valence electrons. The van der Waals surface area contributed by atoms with Gasteiger partial charge in [-0.1, -0.05) is 56.3 Å². The van der Waals surface area contributed by atoms with Crippen molar-refractivity contribution in [2.24, 2.45) is 0 Å². The van der Waals surface area contributed by atoms with E-state index in [0.717, 1.165) is 30.6 Å².